The summed E-state index contributed by atoms with van der Waals surface area (Å²) in [7, 11) is 0. The van der Waals surface area contributed by atoms with E-state index in [0.717, 1.165) is 39.0 Å². The first-order chi connectivity index (χ1) is 16.7. The fourth-order valence-electron chi connectivity index (χ4n) is 5.98. The Labute approximate surface area is 198 Å². The zero-order chi connectivity index (χ0) is 22.8. The molecule has 0 N–H and O–H groups in total. The highest BCUT2D eigenvalue weighted by atomic mass is 16.1. The highest BCUT2D eigenvalue weighted by Crippen LogP contribution is 2.52. The number of hydrogen-bond acceptors (Lipinski definition) is 1. The normalized spacial score (nSPS) is 15.9. The minimum absolute atomic E-state index is 0.212. The summed E-state index contributed by atoms with van der Waals surface area (Å²) in [6.07, 6.45) is 1.15. The Kier molecular flexibility index (Phi) is 4.04. The molecule has 5 aromatic carbocycles. The van der Waals surface area contributed by atoms with E-state index < -0.39 is 0 Å². The van der Waals surface area contributed by atoms with Crippen LogP contribution in [0.1, 0.15) is 24.0 Å². The molecule has 0 saturated carbocycles. The van der Waals surface area contributed by atoms with Crippen LogP contribution in [0, 0.1) is 0 Å². The van der Waals surface area contributed by atoms with E-state index in [4.69, 9.17) is 0 Å². The van der Waals surface area contributed by atoms with Crippen LogP contribution in [0.5, 0.6) is 0 Å². The molecule has 0 atom stereocenters. The van der Waals surface area contributed by atoms with Gasteiger partial charge in [-0.15, -0.1) is 0 Å². The second-order valence-corrected chi connectivity index (χ2v) is 9.30. The van der Waals surface area contributed by atoms with Gasteiger partial charge in [-0.1, -0.05) is 97.6 Å². The third kappa shape index (κ3) is 2.64. The van der Waals surface area contributed by atoms with Crippen molar-refractivity contribution in [1.82, 2.24) is 0 Å². The van der Waals surface area contributed by atoms with Crippen LogP contribution in [0.4, 0.5) is 0 Å². The molecule has 0 fully saturated rings. The molecule has 0 radical (unpaired) electrons. The van der Waals surface area contributed by atoms with Crippen molar-refractivity contribution in [3.8, 4) is 0 Å². The van der Waals surface area contributed by atoms with Crippen LogP contribution in [0.2, 0.25) is 0 Å². The third-order valence-corrected chi connectivity index (χ3v) is 7.42. The number of carbonyl (C=O) groups is 1. The molecule has 2 aliphatic rings. The highest BCUT2D eigenvalue weighted by molar-refractivity contribution is 6.24. The van der Waals surface area contributed by atoms with Gasteiger partial charge in [-0.3, -0.25) is 4.79 Å². The van der Waals surface area contributed by atoms with E-state index in [9.17, 15) is 4.79 Å². The summed E-state index contributed by atoms with van der Waals surface area (Å²) in [6, 6.07) is 34.1. The van der Waals surface area contributed by atoms with Gasteiger partial charge in [-0.05, 0) is 78.2 Å². The maximum atomic E-state index is 13.6. The smallest absolute Gasteiger partial charge is 0.168 e. The van der Waals surface area contributed by atoms with Gasteiger partial charge in [0.1, 0.15) is 0 Å². The molecular weight excluding hydrogens is 412 g/mol. The Hall–Kier alpha value is -4.23. The standard InChI is InChI=1S/C33H22O/c1-20-17-29(28-18-22-10-3-5-13-24(22)25-14-6-7-15-27(25)28)33-31(34)19-30(32(20)33)26-16-8-11-21-9-2-4-12-23(21)26/h2-16,18H,1,17,19H2. The molecule has 34 heavy (non-hydrogen) atoms. The van der Waals surface area contributed by atoms with Crippen LogP contribution < -0.4 is 0 Å². The summed E-state index contributed by atoms with van der Waals surface area (Å²) in [6.45, 7) is 4.45. The Bertz CT molecular complexity index is 1770. The van der Waals surface area contributed by atoms with Gasteiger partial charge in [0.15, 0.2) is 5.78 Å². The number of carbonyl (C=O) groups excluding carboxylic acids is 1. The van der Waals surface area contributed by atoms with E-state index in [-0.39, 0.29) is 5.78 Å². The highest BCUT2D eigenvalue weighted by Gasteiger charge is 2.38. The summed E-state index contributed by atoms with van der Waals surface area (Å²) in [4.78, 5) is 13.6. The molecule has 0 unspecified atom stereocenters. The topological polar surface area (TPSA) is 17.1 Å². The zero-order valence-corrected chi connectivity index (χ0v) is 18.8. The van der Waals surface area contributed by atoms with E-state index in [1.807, 2.05) is 0 Å². The van der Waals surface area contributed by atoms with Gasteiger partial charge >= 0.3 is 0 Å². The maximum absolute atomic E-state index is 13.6. The van der Waals surface area contributed by atoms with Crippen LogP contribution in [-0.2, 0) is 4.79 Å². The predicted octanol–water partition coefficient (Wildman–Crippen LogP) is 8.29. The molecule has 0 aliphatic heterocycles. The Balaban J connectivity index is 1.53. The lowest BCUT2D eigenvalue weighted by Crippen LogP contribution is -1.97. The second-order valence-electron chi connectivity index (χ2n) is 9.30. The number of hydrogen-bond donors (Lipinski definition) is 0. The molecule has 5 aromatic rings. The monoisotopic (exact) mass is 434 g/mol. The Morgan fingerprint density at radius 2 is 1.15 bits per heavy atom. The van der Waals surface area contributed by atoms with Crippen LogP contribution in [-0.4, -0.2) is 5.78 Å². The lowest BCUT2D eigenvalue weighted by Gasteiger charge is -2.13. The van der Waals surface area contributed by atoms with Gasteiger partial charge in [0.2, 0.25) is 0 Å². The van der Waals surface area contributed by atoms with Crippen molar-refractivity contribution >= 4 is 49.2 Å². The Morgan fingerprint density at radius 3 is 1.97 bits per heavy atom. The van der Waals surface area contributed by atoms with Crippen molar-refractivity contribution in [2.75, 3.05) is 0 Å². The molecule has 0 spiro atoms. The first-order valence-corrected chi connectivity index (χ1v) is 11.8. The molecule has 160 valence electrons. The van der Waals surface area contributed by atoms with Crippen molar-refractivity contribution < 1.29 is 4.79 Å². The SMILES string of the molecule is C=C1CC(c2cc3ccccc3c3ccccc23)=C2C(=O)CC(c3cccc4ccccc34)=C12. The summed E-state index contributed by atoms with van der Waals surface area (Å²) in [5.74, 6) is 0.212. The fourth-order valence-corrected chi connectivity index (χ4v) is 5.98. The van der Waals surface area contributed by atoms with Gasteiger partial charge in [0, 0.05) is 12.0 Å². The van der Waals surface area contributed by atoms with Crippen LogP contribution in [0.3, 0.4) is 0 Å². The lowest BCUT2D eigenvalue weighted by molar-refractivity contribution is -0.114. The average Bonchev–Trinajstić information content (AvgIpc) is 3.41. The summed E-state index contributed by atoms with van der Waals surface area (Å²) in [5, 5.41) is 7.26. The van der Waals surface area contributed by atoms with Crippen LogP contribution in [0.25, 0.3) is 43.5 Å². The molecule has 2 aliphatic carbocycles. The molecule has 0 saturated heterocycles. The summed E-state index contributed by atoms with van der Waals surface area (Å²) in [5.41, 5.74) is 7.58. The Morgan fingerprint density at radius 1 is 0.529 bits per heavy atom. The molecule has 0 aromatic heterocycles. The van der Waals surface area contributed by atoms with Gasteiger partial charge in [-0.2, -0.15) is 0 Å². The second kappa shape index (κ2) is 7.13. The number of benzene rings is 5. The minimum Gasteiger partial charge on any atom is -0.294 e. The van der Waals surface area contributed by atoms with Crippen molar-refractivity contribution in [1.29, 1.82) is 0 Å². The first-order valence-electron chi connectivity index (χ1n) is 11.8. The maximum Gasteiger partial charge on any atom is 0.168 e. The summed E-state index contributed by atoms with van der Waals surface area (Å²) < 4.78 is 0. The fraction of sp³-hybridized carbons (Fsp3) is 0.0606. The summed E-state index contributed by atoms with van der Waals surface area (Å²) >= 11 is 0. The zero-order valence-electron chi connectivity index (χ0n) is 18.8. The number of rotatable bonds is 2. The van der Waals surface area contributed by atoms with E-state index in [1.165, 1.54) is 32.3 Å². The predicted molar refractivity (Wildman–Crippen MR) is 143 cm³/mol. The third-order valence-electron chi connectivity index (χ3n) is 7.42. The van der Waals surface area contributed by atoms with E-state index in [2.05, 4.69) is 104 Å². The van der Waals surface area contributed by atoms with E-state index in [0.29, 0.717) is 12.8 Å². The van der Waals surface area contributed by atoms with E-state index >= 15 is 0 Å². The number of allylic oxidation sites excluding steroid dienone is 5. The molecule has 1 nitrogen and oxygen atoms in total. The van der Waals surface area contributed by atoms with Crippen LogP contribution >= 0.6 is 0 Å². The average molecular weight is 435 g/mol. The van der Waals surface area contributed by atoms with E-state index in [1.54, 1.807) is 0 Å². The molecule has 7 rings (SSSR count). The molecule has 0 bridgehead atoms. The quantitative estimate of drug-likeness (QED) is 0.255. The molecular formula is C33H22O. The minimum atomic E-state index is 0.212. The van der Waals surface area contributed by atoms with Crippen LogP contribution in [0.15, 0.2) is 120 Å². The van der Waals surface area contributed by atoms with Crippen molar-refractivity contribution in [2.45, 2.75) is 12.8 Å². The first kappa shape index (κ1) is 19.3. The van der Waals surface area contributed by atoms with Gasteiger partial charge in [0.05, 0.1) is 0 Å². The van der Waals surface area contributed by atoms with Crippen molar-refractivity contribution in [3.63, 3.8) is 0 Å². The largest absolute Gasteiger partial charge is 0.294 e. The van der Waals surface area contributed by atoms with Gasteiger partial charge in [-0.25, -0.2) is 0 Å². The molecule has 0 heterocycles. The van der Waals surface area contributed by atoms with Gasteiger partial charge < -0.3 is 0 Å². The molecule has 1 heteroatoms. The lowest BCUT2D eigenvalue weighted by atomic mass is 9.91. The number of fused-ring (bicyclic) bond motifs is 5. The number of ketones is 1. The molecule has 0 amide bonds. The number of Topliss-reactive ketones (excluding diaryl/α,β-unsaturated/α-hetero) is 1. The van der Waals surface area contributed by atoms with Crippen molar-refractivity contribution in [3.05, 3.63) is 131 Å². The van der Waals surface area contributed by atoms with Crippen molar-refractivity contribution in [2.24, 2.45) is 0 Å². The van der Waals surface area contributed by atoms with Gasteiger partial charge in [0.25, 0.3) is 0 Å².